The van der Waals surface area contributed by atoms with Crippen molar-refractivity contribution in [2.75, 3.05) is 10.6 Å². The number of anilines is 2. The first kappa shape index (κ1) is 23.0. The lowest BCUT2D eigenvalue weighted by molar-refractivity contribution is -0.996. The molecule has 0 heterocycles. The topological polar surface area (TPSA) is 154 Å². The smallest absolute Gasteiger partial charge is 0.229 e. The lowest BCUT2D eigenvalue weighted by Gasteiger charge is -2.21. The number of carbonyl (C=O) groups is 2. The average molecular weight is 438 g/mol. The van der Waals surface area contributed by atoms with Crippen LogP contribution in [0.15, 0.2) is 72.8 Å². The van der Waals surface area contributed by atoms with Crippen LogP contribution in [0.1, 0.15) is 11.1 Å². The first-order valence-corrected chi connectivity index (χ1v) is 9.65. The number of benzene rings is 3. The summed E-state index contributed by atoms with van der Waals surface area (Å²) in [5, 5.41) is 45.1. The molecule has 3 aromatic rings. The van der Waals surface area contributed by atoms with E-state index in [0.717, 1.165) is 6.07 Å². The number of carbonyl (C=O) groups excluding carboxylic acids is 2. The van der Waals surface area contributed by atoms with E-state index in [1.54, 1.807) is 60.7 Å². The number of amides is 2. The molecule has 0 aliphatic carbocycles. The van der Waals surface area contributed by atoms with Gasteiger partial charge >= 0.3 is 0 Å². The van der Waals surface area contributed by atoms with Crippen molar-refractivity contribution in [1.29, 1.82) is 0 Å². The molecule has 0 aromatic heterocycles. The van der Waals surface area contributed by atoms with Crippen LogP contribution in [0.3, 0.4) is 0 Å². The second kappa shape index (κ2) is 10.6. The number of para-hydroxylation sites is 2. The molecule has 0 aliphatic rings. The maximum Gasteiger partial charge on any atom is 0.229 e. The summed E-state index contributed by atoms with van der Waals surface area (Å²) in [6.07, 6.45) is -0.604. The highest BCUT2D eigenvalue weighted by Crippen LogP contribution is 2.23. The van der Waals surface area contributed by atoms with Crippen LogP contribution in [0.2, 0.25) is 0 Å². The van der Waals surface area contributed by atoms with Crippen molar-refractivity contribution in [3.05, 3.63) is 94.3 Å². The number of nitrogens with one attached hydrogen (secondary N) is 4. The highest BCUT2D eigenvalue weighted by atomic mass is 16.8. The summed E-state index contributed by atoms with van der Waals surface area (Å²) in [4.78, 5) is 24.9. The Bertz CT molecular complexity index is 992. The molecule has 0 radical (unpaired) electrons. The van der Waals surface area contributed by atoms with Crippen molar-refractivity contribution < 1.29 is 30.5 Å². The minimum atomic E-state index is -1.37. The molecule has 0 spiro atoms. The van der Waals surface area contributed by atoms with Gasteiger partial charge in [-0.2, -0.15) is 10.5 Å². The Hall–Kier alpha value is -3.64. The van der Waals surface area contributed by atoms with Crippen LogP contribution in [-0.2, 0) is 22.4 Å². The van der Waals surface area contributed by atoms with E-state index in [9.17, 15) is 30.4 Å². The van der Waals surface area contributed by atoms with E-state index in [4.69, 9.17) is 0 Å². The summed E-state index contributed by atoms with van der Waals surface area (Å²) in [5.74, 6) is -0.942. The molecule has 0 fully saturated rings. The number of quaternary nitrogens is 2. The average Bonchev–Trinajstić information content (AvgIpc) is 2.74. The Morgan fingerprint density at radius 2 is 1.06 bits per heavy atom. The maximum atomic E-state index is 12.5. The third-order valence-corrected chi connectivity index (χ3v) is 4.61. The summed E-state index contributed by atoms with van der Waals surface area (Å²) < 4.78 is 0. The largest absolute Gasteiger partial charge is 0.595 e. The van der Waals surface area contributed by atoms with Gasteiger partial charge in [-0.05, 0) is 30.3 Å². The normalized spacial score (nSPS) is 12.6. The zero-order valence-electron chi connectivity index (χ0n) is 16.9. The zero-order chi connectivity index (χ0) is 23.1. The van der Waals surface area contributed by atoms with Crippen molar-refractivity contribution in [3.63, 3.8) is 0 Å². The predicted molar refractivity (Wildman–Crippen MR) is 116 cm³/mol. The van der Waals surface area contributed by atoms with E-state index in [-0.39, 0.29) is 35.3 Å². The second-order valence-electron chi connectivity index (χ2n) is 6.96. The van der Waals surface area contributed by atoms with Gasteiger partial charge in [0.1, 0.15) is 0 Å². The van der Waals surface area contributed by atoms with Gasteiger partial charge in [-0.15, -0.1) is 0 Å². The highest BCUT2D eigenvalue weighted by molar-refractivity contribution is 5.94. The molecule has 0 saturated carbocycles. The number of hydrogen-bond acceptors (Lipinski definition) is 6. The van der Waals surface area contributed by atoms with Crippen LogP contribution in [0.4, 0.5) is 22.7 Å². The molecule has 0 aliphatic heterocycles. The van der Waals surface area contributed by atoms with Crippen LogP contribution < -0.4 is 21.1 Å². The van der Waals surface area contributed by atoms with E-state index in [1.165, 1.54) is 6.07 Å². The number of rotatable bonds is 8. The summed E-state index contributed by atoms with van der Waals surface area (Å²) in [7, 11) is 0. The van der Waals surface area contributed by atoms with Gasteiger partial charge < -0.3 is 21.0 Å². The van der Waals surface area contributed by atoms with E-state index < -0.39 is 22.3 Å². The van der Waals surface area contributed by atoms with Gasteiger partial charge in [0.05, 0.1) is 18.9 Å². The van der Waals surface area contributed by atoms with Crippen LogP contribution >= 0.6 is 0 Å². The fourth-order valence-electron chi connectivity index (χ4n) is 3.19. The summed E-state index contributed by atoms with van der Waals surface area (Å²) >= 11 is 0. The van der Waals surface area contributed by atoms with E-state index in [1.807, 2.05) is 0 Å². The standard InChI is InChI=1S/C22H22N4O6/c27-21(23-17-7-3-1-4-8-17)12-15-11-16(20(26(31)32)14-19(15)25(29)30)13-22(28)24-18-9-5-2-6-10-18/h1-11,14,25-26,29,31H,12-13H2,(H,23,27)(H,24,28). The monoisotopic (exact) mass is 438 g/mol. The van der Waals surface area contributed by atoms with Gasteiger partial charge in [-0.1, -0.05) is 36.4 Å². The molecule has 32 heavy (non-hydrogen) atoms. The first-order valence-electron chi connectivity index (χ1n) is 9.65. The minimum absolute atomic E-state index is 0.110. The van der Waals surface area contributed by atoms with E-state index in [2.05, 4.69) is 10.6 Å². The summed E-state index contributed by atoms with van der Waals surface area (Å²) in [5.41, 5.74) is 0.686. The van der Waals surface area contributed by atoms with Gasteiger partial charge in [-0.3, -0.25) is 9.59 Å². The Morgan fingerprint density at radius 3 is 1.41 bits per heavy atom. The van der Waals surface area contributed by atoms with E-state index >= 15 is 0 Å². The second-order valence-corrected chi connectivity index (χ2v) is 6.96. The molecule has 0 saturated heterocycles. The lowest BCUT2D eigenvalue weighted by atomic mass is 10.0. The highest BCUT2D eigenvalue weighted by Gasteiger charge is 2.22. The third-order valence-electron chi connectivity index (χ3n) is 4.61. The Kier molecular flexibility index (Phi) is 7.63. The molecule has 3 rings (SSSR count). The summed E-state index contributed by atoms with van der Waals surface area (Å²) in [6, 6.07) is 19.5. The van der Waals surface area contributed by atoms with Crippen molar-refractivity contribution in [1.82, 2.24) is 0 Å². The van der Waals surface area contributed by atoms with Crippen molar-refractivity contribution in [2.45, 2.75) is 12.8 Å². The SMILES string of the molecule is O=C(Cc1cc(CC(=O)Nc2ccccc2)c([NH+]([O-])O)cc1[NH+]([O-])O)Nc1ccccc1. The van der Waals surface area contributed by atoms with Gasteiger partial charge in [0.15, 0.2) is 11.4 Å². The van der Waals surface area contributed by atoms with Crippen molar-refractivity contribution in [3.8, 4) is 0 Å². The van der Waals surface area contributed by atoms with Gasteiger partial charge in [0.25, 0.3) is 0 Å². The molecule has 10 nitrogen and oxygen atoms in total. The van der Waals surface area contributed by atoms with Crippen LogP contribution in [0.25, 0.3) is 0 Å². The van der Waals surface area contributed by atoms with Crippen LogP contribution in [0, 0.1) is 10.4 Å². The zero-order valence-corrected chi connectivity index (χ0v) is 16.9. The summed E-state index contributed by atoms with van der Waals surface area (Å²) in [6.45, 7) is 0. The molecule has 2 amide bonds. The third kappa shape index (κ3) is 6.18. The van der Waals surface area contributed by atoms with E-state index in [0.29, 0.717) is 11.4 Å². The lowest BCUT2D eigenvalue weighted by Crippen LogP contribution is -3.01. The molecule has 166 valence electrons. The predicted octanol–water partition coefficient (Wildman–Crippen LogP) is 0.856. The minimum Gasteiger partial charge on any atom is -0.595 e. The fraction of sp³-hybridized carbons (Fsp3) is 0.0909. The Labute approximate surface area is 183 Å². The molecular formula is C22H22N4O6. The molecule has 2 atom stereocenters. The van der Waals surface area contributed by atoms with Crippen molar-refractivity contribution >= 4 is 34.6 Å². The van der Waals surface area contributed by atoms with Crippen molar-refractivity contribution in [2.24, 2.45) is 0 Å². The van der Waals surface area contributed by atoms with Gasteiger partial charge in [-0.25, -0.2) is 10.4 Å². The Balaban J connectivity index is 1.86. The fourth-order valence-corrected chi connectivity index (χ4v) is 3.19. The van der Waals surface area contributed by atoms with Gasteiger partial charge in [0, 0.05) is 22.5 Å². The molecule has 3 aromatic carbocycles. The first-order chi connectivity index (χ1) is 15.3. The quantitative estimate of drug-likeness (QED) is 0.287. The van der Waals surface area contributed by atoms with Gasteiger partial charge in [0.2, 0.25) is 11.8 Å². The Morgan fingerprint density at radius 1 is 0.688 bits per heavy atom. The number of hydrogen-bond donors (Lipinski definition) is 6. The molecule has 10 heteroatoms. The van der Waals surface area contributed by atoms with Crippen LogP contribution in [0.5, 0.6) is 0 Å². The molecular weight excluding hydrogens is 416 g/mol. The molecule has 0 bridgehead atoms. The van der Waals surface area contributed by atoms with Crippen LogP contribution in [-0.4, -0.2) is 22.2 Å². The molecule has 6 N–H and O–H groups in total. The molecule has 2 unspecified atom stereocenters. The maximum absolute atomic E-state index is 12.5.